The number of carbonyl (C=O) groups is 2. The normalized spacial score (nSPS) is 10.7. The minimum atomic E-state index is -0.223. The highest BCUT2D eigenvalue weighted by Gasteiger charge is 2.17. The molecular formula is C29H31N5O3S. The molecule has 8 nitrogen and oxygen atoms in total. The van der Waals surface area contributed by atoms with E-state index in [-0.39, 0.29) is 24.1 Å². The number of benzene rings is 3. The Hall–Kier alpha value is -4.11. The summed E-state index contributed by atoms with van der Waals surface area (Å²) in [4.78, 5) is 25.4. The van der Waals surface area contributed by atoms with E-state index in [1.165, 1.54) is 11.8 Å². The number of para-hydroxylation sites is 1. The zero-order chi connectivity index (χ0) is 26.7. The summed E-state index contributed by atoms with van der Waals surface area (Å²) in [6, 6.07) is 24.4. The molecule has 0 radical (unpaired) electrons. The van der Waals surface area contributed by atoms with Crippen LogP contribution in [-0.2, 0) is 11.3 Å². The number of ether oxygens (including phenoxy) is 1. The van der Waals surface area contributed by atoms with E-state index in [0.717, 1.165) is 35.5 Å². The summed E-state index contributed by atoms with van der Waals surface area (Å²) < 4.78 is 7.53. The van der Waals surface area contributed by atoms with Gasteiger partial charge in [-0.3, -0.25) is 14.2 Å². The van der Waals surface area contributed by atoms with E-state index in [9.17, 15) is 9.59 Å². The van der Waals surface area contributed by atoms with Crippen LogP contribution in [0.3, 0.4) is 0 Å². The summed E-state index contributed by atoms with van der Waals surface area (Å²) in [5, 5.41) is 15.0. The molecule has 9 heteroatoms. The predicted octanol–water partition coefficient (Wildman–Crippen LogP) is 5.42. The molecule has 0 aliphatic heterocycles. The number of nitrogens with zero attached hydrogens (tertiary/aromatic N) is 3. The largest absolute Gasteiger partial charge is 0.494 e. The van der Waals surface area contributed by atoms with Gasteiger partial charge in [-0.1, -0.05) is 55.4 Å². The summed E-state index contributed by atoms with van der Waals surface area (Å²) in [5.74, 6) is 1.11. The van der Waals surface area contributed by atoms with Gasteiger partial charge in [0.15, 0.2) is 11.0 Å². The summed E-state index contributed by atoms with van der Waals surface area (Å²) in [6.07, 6.45) is 2.05. The molecule has 0 spiro atoms. The van der Waals surface area contributed by atoms with E-state index in [1.807, 2.05) is 66.1 Å². The van der Waals surface area contributed by atoms with Crippen LogP contribution in [0, 0.1) is 6.92 Å². The van der Waals surface area contributed by atoms with Gasteiger partial charge in [-0.05, 0) is 67.4 Å². The summed E-state index contributed by atoms with van der Waals surface area (Å²) in [5.41, 5.74) is 3.20. The van der Waals surface area contributed by atoms with Crippen molar-refractivity contribution in [2.45, 2.75) is 38.4 Å². The van der Waals surface area contributed by atoms with Gasteiger partial charge in [-0.25, -0.2) is 0 Å². The number of anilines is 1. The molecule has 0 aliphatic carbocycles. The van der Waals surface area contributed by atoms with E-state index in [1.54, 1.807) is 24.3 Å². The molecule has 1 heterocycles. The molecule has 0 bridgehead atoms. The van der Waals surface area contributed by atoms with Crippen molar-refractivity contribution >= 4 is 29.3 Å². The lowest BCUT2D eigenvalue weighted by molar-refractivity contribution is -0.113. The lowest BCUT2D eigenvalue weighted by atomic mass is 10.2. The predicted molar refractivity (Wildman–Crippen MR) is 150 cm³/mol. The lowest BCUT2D eigenvalue weighted by Crippen LogP contribution is -2.24. The second-order valence-electron chi connectivity index (χ2n) is 8.69. The zero-order valence-corrected chi connectivity index (χ0v) is 22.3. The highest BCUT2D eigenvalue weighted by molar-refractivity contribution is 7.99. The second-order valence-corrected chi connectivity index (χ2v) is 9.63. The van der Waals surface area contributed by atoms with Crippen LogP contribution >= 0.6 is 11.8 Å². The molecule has 0 aliphatic rings. The summed E-state index contributed by atoms with van der Waals surface area (Å²) >= 11 is 1.29. The zero-order valence-electron chi connectivity index (χ0n) is 21.5. The average Bonchev–Trinajstić information content (AvgIpc) is 3.34. The second kappa shape index (κ2) is 13.4. The number of hydrogen-bond donors (Lipinski definition) is 2. The van der Waals surface area contributed by atoms with Crippen molar-refractivity contribution in [3.05, 3.63) is 95.8 Å². The number of aryl methyl sites for hydroxylation is 1. The molecule has 2 amide bonds. The number of amides is 2. The van der Waals surface area contributed by atoms with Gasteiger partial charge in [-0.15, -0.1) is 10.2 Å². The molecule has 0 atom stereocenters. The molecular weight excluding hydrogens is 498 g/mol. The first kappa shape index (κ1) is 26.9. The number of unbranched alkanes of at least 4 members (excludes halogenated alkanes) is 1. The Morgan fingerprint density at radius 1 is 0.974 bits per heavy atom. The van der Waals surface area contributed by atoms with Crippen molar-refractivity contribution in [2.24, 2.45) is 0 Å². The van der Waals surface area contributed by atoms with Crippen molar-refractivity contribution in [3.8, 4) is 11.4 Å². The molecule has 0 unspecified atom stereocenters. The maximum Gasteiger partial charge on any atom is 0.251 e. The van der Waals surface area contributed by atoms with Crippen molar-refractivity contribution in [1.82, 2.24) is 20.1 Å². The van der Waals surface area contributed by atoms with Crippen LogP contribution in [0.5, 0.6) is 5.75 Å². The van der Waals surface area contributed by atoms with Crippen molar-refractivity contribution in [3.63, 3.8) is 0 Å². The number of hydrogen-bond acceptors (Lipinski definition) is 6. The van der Waals surface area contributed by atoms with Gasteiger partial charge < -0.3 is 15.4 Å². The van der Waals surface area contributed by atoms with Gasteiger partial charge in [0, 0.05) is 16.9 Å². The van der Waals surface area contributed by atoms with E-state index >= 15 is 0 Å². The van der Waals surface area contributed by atoms with Crippen LogP contribution in [0.15, 0.2) is 84.0 Å². The van der Waals surface area contributed by atoms with Gasteiger partial charge in [0.25, 0.3) is 5.91 Å². The third kappa shape index (κ3) is 7.45. The van der Waals surface area contributed by atoms with E-state index in [0.29, 0.717) is 23.2 Å². The fraction of sp³-hybridized carbons (Fsp3) is 0.241. The number of nitrogens with one attached hydrogen (secondary N) is 2. The minimum Gasteiger partial charge on any atom is -0.494 e. The quantitative estimate of drug-likeness (QED) is 0.188. The average molecular weight is 530 g/mol. The number of thioether (sulfide) groups is 1. The molecule has 3 aromatic carbocycles. The molecule has 1 aromatic heterocycles. The van der Waals surface area contributed by atoms with Gasteiger partial charge in [-0.2, -0.15) is 0 Å². The molecule has 4 rings (SSSR count). The highest BCUT2D eigenvalue weighted by Crippen LogP contribution is 2.23. The molecule has 0 saturated heterocycles. The summed E-state index contributed by atoms with van der Waals surface area (Å²) in [6.45, 7) is 4.92. The van der Waals surface area contributed by atoms with Crippen LogP contribution in [0.4, 0.5) is 5.69 Å². The maximum absolute atomic E-state index is 12.8. The third-order valence-corrected chi connectivity index (χ3v) is 6.57. The SMILES string of the molecule is CCCCOc1ccc(C(=O)NCc2nnc(SCC(=O)Nc3cccc(C)c3)n2-c2ccccc2)cc1. The Kier molecular flexibility index (Phi) is 9.53. The Morgan fingerprint density at radius 2 is 1.76 bits per heavy atom. The van der Waals surface area contributed by atoms with Gasteiger partial charge in [0.2, 0.25) is 5.91 Å². The van der Waals surface area contributed by atoms with Gasteiger partial charge >= 0.3 is 0 Å². The Morgan fingerprint density at radius 3 is 2.50 bits per heavy atom. The fourth-order valence-corrected chi connectivity index (χ4v) is 4.46. The molecule has 0 fully saturated rings. The van der Waals surface area contributed by atoms with E-state index < -0.39 is 0 Å². The molecule has 2 N–H and O–H groups in total. The third-order valence-electron chi connectivity index (χ3n) is 5.64. The molecule has 196 valence electrons. The molecule has 38 heavy (non-hydrogen) atoms. The van der Waals surface area contributed by atoms with Crippen molar-refractivity contribution < 1.29 is 14.3 Å². The Bertz CT molecular complexity index is 1360. The first-order valence-electron chi connectivity index (χ1n) is 12.5. The molecule has 0 saturated carbocycles. The minimum absolute atomic E-state index is 0.139. The Labute approximate surface area is 226 Å². The molecule has 4 aromatic rings. The van der Waals surface area contributed by atoms with Crippen LogP contribution < -0.4 is 15.4 Å². The van der Waals surface area contributed by atoms with Crippen LogP contribution in [0.25, 0.3) is 5.69 Å². The van der Waals surface area contributed by atoms with E-state index in [4.69, 9.17) is 4.74 Å². The highest BCUT2D eigenvalue weighted by atomic mass is 32.2. The lowest BCUT2D eigenvalue weighted by Gasteiger charge is -2.11. The Balaban J connectivity index is 1.41. The maximum atomic E-state index is 12.8. The van der Waals surface area contributed by atoms with E-state index in [2.05, 4.69) is 27.8 Å². The monoisotopic (exact) mass is 529 g/mol. The van der Waals surface area contributed by atoms with Gasteiger partial charge in [0.05, 0.1) is 18.9 Å². The van der Waals surface area contributed by atoms with Crippen molar-refractivity contribution in [2.75, 3.05) is 17.7 Å². The van der Waals surface area contributed by atoms with Crippen molar-refractivity contribution in [1.29, 1.82) is 0 Å². The number of rotatable bonds is 12. The van der Waals surface area contributed by atoms with Gasteiger partial charge in [0.1, 0.15) is 5.75 Å². The number of aromatic nitrogens is 3. The first-order chi connectivity index (χ1) is 18.5. The summed E-state index contributed by atoms with van der Waals surface area (Å²) in [7, 11) is 0. The van der Waals surface area contributed by atoms with Crippen LogP contribution in [0.2, 0.25) is 0 Å². The number of carbonyl (C=O) groups excluding carboxylic acids is 2. The first-order valence-corrected chi connectivity index (χ1v) is 13.5. The van der Waals surface area contributed by atoms with Crippen LogP contribution in [0.1, 0.15) is 41.5 Å². The smallest absolute Gasteiger partial charge is 0.251 e. The topological polar surface area (TPSA) is 98.1 Å². The standard InChI is InChI=1S/C29H31N5O3S/c1-3-4-17-37-25-15-13-22(14-16-25)28(36)30-19-26-32-33-29(34(26)24-11-6-5-7-12-24)38-20-27(35)31-23-10-8-9-21(2)18-23/h5-16,18H,3-4,17,19-20H2,1-2H3,(H,30,36)(H,31,35). The fourth-order valence-electron chi connectivity index (χ4n) is 3.69. The van der Waals surface area contributed by atoms with Crippen LogP contribution in [-0.4, -0.2) is 38.9 Å².